The molecule has 12 heteroatoms. The average Bonchev–Trinajstić information content (AvgIpc) is 3.28. The molecule has 1 atom stereocenters. The Kier molecular flexibility index (Phi) is 8.98. The van der Waals surface area contributed by atoms with E-state index >= 15 is 0 Å². The first kappa shape index (κ1) is 26.2. The number of para-hydroxylation sites is 1. The molecule has 0 bridgehead atoms. The number of piperidine rings is 1. The molecule has 4 rings (SSSR count). The minimum atomic E-state index is -0.505. The minimum absolute atomic E-state index is 0.0999. The fourth-order valence-corrected chi connectivity index (χ4v) is 4.55. The number of anilines is 3. The van der Waals surface area contributed by atoms with Gasteiger partial charge in [-0.1, -0.05) is 29.3 Å². The molecule has 1 aliphatic rings. The summed E-state index contributed by atoms with van der Waals surface area (Å²) in [5.74, 6) is 0.432. The maximum absolute atomic E-state index is 13.0. The molecule has 2 N–H and O–H groups in total. The average molecular weight is 534 g/mol. The van der Waals surface area contributed by atoms with Crippen LogP contribution < -0.4 is 15.4 Å². The van der Waals surface area contributed by atoms with Crippen LogP contribution in [0.4, 0.5) is 17.3 Å². The summed E-state index contributed by atoms with van der Waals surface area (Å²) < 4.78 is 12.7. The van der Waals surface area contributed by atoms with Crippen molar-refractivity contribution in [1.29, 1.82) is 0 Å². The van der Waals surface area contributed by atoms with Crippen molar-refractivity contribution < 1.29 is 14.3 Å². The van der Waals surface area contributed by atoms with Crippen molar-refractivity contribution in [1.82, 2.24) is 24.6 Å². The summed E-state index contributed by atoms with van der Waals surface area (Å²) in [6.07, 6.45) is 7.43. The highest BCUT2D eigenvalue weighted by atomic mass is 35.5. The van der Waals surface area contributed by atoms with E-state index in [-0.39, 0.29) is 24.0 Å². The third kappa shape index (κ3) is 6.85. The fourth-order valence-electron chi connectivity index (χ4n) is 4.06. The lowest BCUT2D eigenvalue weighted by molar-refractivity contribution is 0.101. The van der Waals surface area contributed by atoms with Crippen LogP contribution in [0.2, 0.25) is 10.0 Å². The number of hydrogen-bond donors (Lipinski definition) is 2. The van der Waals surface area contributed by atoms with Gasteiger partial charge in [0.15, 0.2) is 0 Å². The molecule has 2 aromatic heterocycles. The first-order valence-electron chi connectivity index (χ1n) is 11.6. The van der Waals surface area contributed by atoms with Gasteiger partial charge in [-0.05, 0) is 44.5 Å². The molecular formula is C24H29Cl2N7O3. The number of ether oxygens (including phenoxy) is 2. The molecule has 1 aromatic carbocycles. The van der Waals surface area contributed by atoms with Gasteiger partial charge in [-0.25, -0.2) is 4.98 Å². The molecule has 1 fully saturated rings. The maximum atomic E-state index is 13.0. The Bertz CT molecular complexity index is 1170. The topological polar surface area (TPSA) is 106 Å². The third-order valence-electron chi connectivity index (χ3n) is 5.78. The number of rotatable bonds is 10. The van der Waals surface area contributed by atoms with Gasteiger partial charge in [0.2, 0.25) is 11.8 Å². The summed E-state index contributed by atoms with van der Waals surface area (Å²) in [5, 5.41) is 10.9. The summed E-state index contributed by atoms with van der Waals surface area (Å²) in [7, 11) is 3.71. The number of benzene rings is 1. The van der Waals surface area contributed by atoms with E-state index in [0.717, 1.165) is 25.3 Å². The van der Waals surface area contributed by atoms with Crippen LogP contribution >= 0.6 is 23.2 Å². The predicted octanol–water partition coefficient (Wildman–Crippen LogP) is 4.34. The largest absolute Gasteiger partial charge is 0.475 e. The molecule has 1 aliphatic heterocycles. The SMILES string of the molecule is COCCOc1nc(Nc2cnn(C[C@@H]3CCCN(C)C3)c2)ncc1C(=O)Nc1c(Cl)cccc1Cl. The normalized spacial score (nSPS) is 16.1. The zero-order chi connectivity index (χ0) is 25.5. The van der Waals surface area contributed by atoms with Crippen LogP contribution in [-0.2, 0) is 11.3 Å². The summed E-state index contributed by atoms with van der Waals surface area (Å²) in [6.45, 7) is 3.59. The first-order chi connectivity index (χ1) is 17.4. The van der Waals surface area contributed by atoms with E-state index in [4.69, 9.17) is 32.7 Å². The number of carbonyl (C=O) groups excluding carboxylic acids is 1. The van der Waals surface area contributed by atoms with E-state index in [1.807, 2.05) is 10.9 Å². The second kappa shape index (κ2) is 12.4. The van der Waals surface area contributed by atoms with Crippen molar-refractivity contribution in [2.24, 2.45) is 5.92 Å². The van der Waals surface area contributed by atoms with E-state index in [2.05, 4.69) is 37.6 Å². The van der Waals surface area contributed by atoms with Crippen LogP contribution in [0, 0.1) is 5.92 Å². The van der Waals surface area contributed by atoms with E-state index in [1.165, 1.54) is 19.0 Å². The summed E-state index contributed by atoms with van der Waals surface area (Å²) in [6, 6.07) is 4.96. The number of methoxy groups -OCH3 is 1. The van der Waals surface area contributed by atoms with Crippen molar-refractivity contribution in [3.8, 4) is 5.88 Å². The molecule has 0 spiro atoms. The molecular weight excluding hydrogens is 505 g/mol. The van der Waals surface area contributed by atoms with Crippen molar-refractivity contribution in [2.75, 3.05) is 51.1 Å². The Morgan fingerprint density at radius 3 is 2.78 bits per heavy atom. The molecule has 192 valence electrons. The van der Waals surface area contributed by atoms with Crippen molar-refractivity contribution in [3.05, 3.63) is 52.4 Å². The highest BCUT2D eigenvalue weighted by Gasteiger charge is 2.20. The van der Waals surface area contributed by atoms with Crippen LogP contribution in [0.3, 0.4) is 0 Å². The van der Waals surface area contributed by atoms with Crippen LogP contribution in [0.25, 0.3) is 0 Å². The van der Waals surface area contributed by atoms with Crippen LogP contribution in [0.5, 0.6) is 5.88 Å². The van der Waals surface area contributed by atoms with Crippen LogP contribution in [0.1, 0.15) is 23.2 Å². The quantitative estimate of drug-likeness (QED) is 0.370. The lowest BCUT2D eigenvalue weighted by atomic mass is 9.99. The van der Waals surface area contributed by atoms with Gasteiger partial charge in [-0.15, -0.1) is 0 Å². The summed E-state index contributed by atoms with van der Waals surface area (Å²) in [4.78, 5) is 24.1. The zero-order valence-electron chi connectivity index (χ0n) is 20.2. The Labute approximate surface area is 219 Å². The third-order valence-corrected chi connectivity index (χ3v) is 6.41. The number of nitrogens with zero attached hydrogens (tertiary/aromatic N) is 5. The molecule has 1 saturated heterocycles. The Morgan fingerprint density at radius 2 is 2.03 bits per heavy atom. The highest BCUT2D eigenvalue weighted by molar-refractivity contribution is 6.40. The van der Waals surface area contributed by atoms with Gasteiger partial charge in [-0.2, -0.15) is 10.1 Å². The summed E-state index contributed by atoms with van der Waals surface area (Å²) in [5.41, 5.74) is 1.17. The molecule has 0 saturated carbocycles. The molecule has 1 amide bonds. The van der Waals surface area contributed by atoms with E-state index in [1.54, 1.807) is 31.5 Å². The van der Waals surface area contributed by atoms with Gasteiger partial charge in [0.1, 0.15) is 12.2 Å². The van der Waals surface area contributed by atoms with E-state index in [0.29, 0.717) is 28.3 Å². The molecule has 3 heterocycles. The highest BCUT2D eigenvalue weighted by Crippen LogP contribution is 2.31. The number of nitrogens with one attached hydrogen (secondary N) is 2. The molecule has 36 heavy (non-hydrogen) atoms. The smallest absolute Gasteiger partial charge is 0.262 e. The van der Waals surface area contributed by atoms with Gasteiger partial charge >= 0.3 is 0 Å². The number of aromatic nitrogens is 4. The number of amides is 1. The zero-order valence-corrected chi connectivity index (χ0v) is 21.7. The Hall–Kier alpha value is -2.92. The predicted molar refractivity (Wildman–Crippen MR) is 140 cm³/mol. The second-order valence-corrected chi connectivity index (χ2v) is 9.47. The number of carbonyl (C=O) groups is 1. The monoisotopic (exact) mass is 533 g/mol. The Balaban J connectivity index is 1.48. The van der Waals surface area contributed by atoms with Crippen LogP contribution in [-0.4, -0.2) is 71.0 Å². The van der Waals surface area contributed by atoms with E-state index < -0.39 is 5.91 Å². The minimum Gasteiger partial charge on any atom is -0.475 e. The number of likely N-dealkylation sites (tertiary alicyclic amines) is 1. The van der Waals surface area contributed by atoms with Gasteiger partial charge in [0.25, 0.3) is 5.91 Å². The molecule has 3 aromatic rings. The maximum Gasteiger partial charge on any atom is 0.262 e. The number of hydrogen-bond acceptors (Lipinski definition) is 8. The van der Waals surface area contributed by atoms with Crippen LogP contribution in [0.15, 0.2) is 36.8 Å². The van der Waals surface area contributed by atoms with Crippen molar-refractivity contribution in [3.63, 3.8) is 0 Å². The molecule has 10 nitrogen and oxygen atoms in total. The van der Waals surface area contributed by atoms with Crippen molar-refractivity contribution in [2.45, 2.75) is 19.4 Å². The first-order valence-corrected chi connectivity index (χ1v) is 12.4. The van der Waals surface area contributed by atoms with Gasteiger partial charge in [0.05, 0.1) is 34.2 Å². The standard InChI is InChI=1S/C24H29Cl2N7O3/c1-32-8-4-5-16(13-32)14-33-15-17(11-28-33)29-24-27-12-18(23(31-24)36-10-9-35-2)22(34)30-21-19(25)6-3-7-20(21)26/h3,6-7,11-12,15-16H,4-5,8-10,13-14H2,1-2H3,(H,30,34)(H,27,29,31)/t16-/m1/s1. The van der Waals surface area contributed by atoms with Gasteiger partial charge in [-0.3, -0.25) is 9.48 Å². The fraction of sp³-hybridized carbons (Fsp3) is 0.417. The second-order valence-electron chi connectivity index (χ2n) is 8.65. The van der Waals surface area contributed by atoms with Gasteiger partial charge in [0, 0.05) is 32.6 Å². The lowest BCUT2D eigenvalue weighted by Crippen LogP contribution is -2.34. The summed E-state index contributed by atoms with van der Waals surface area (Å²) >= 11 is 12.4. The lowest BCUT2D eigenvalue weighted by Gasteiger charge is -2.29. The molecule has 0 aliphatic carbocycles. The number of halogens is 2. The van der Waals surface area contributed by atoms with Crippen molar-refractivity contribution >= 4 is 46.4 Å². The van der Waals surface area contributed by atoms with Gasteiger partial charge < -0.3 is 25.0 Å². The molecule has 0 radical (unpaired) electrons. The Morgan fingerprint density at radius 1 is 1.22 bits per heavy atom. The van der Waals surface area contributed by atoms with E-state index in [9.17, 15) is 4.79 Å². The molecule has 0 unspecified atom stereocenters.